The van der Waals surface area contributed by atoms with Gasteiger partial charge in [0.05, 0.1) is 17.4 Å². The van der Waals surface area contributed by atoms with Gasteiger partial charge in [0.1, 0.15) is 18.2 Å². The summed E-state index contributed by atoms with van der Waals surface area (Å²) < 4.78 is 5.59. The number of hydrogen-bond donors (Lipinski definition) is 1. The van der Waals surface area contributed by atoms with E-state index in [0.29, 0.717) is 35.9 Å². The zero-order valence-corrected chi connectivity index (χ0v) is 20.1. The van der Waals surface area contributed by atoms with Gasteiger partial charge in [0, 0.05) is 38.5 Å². The largest absolute Gasteiger partial charge is 0.381 e. The predicted octanol–water partition coefficient (Wildman–Crippen LogP) is 5.20. The summed E-state index contributed by atoms with van der Waals surface area (Å²) in [7, 11) is 1.80. The smallest absolute Gasteiger partial charge is 0.152 e. The van der Waals surface area contributed by atoms with Crippen molar-refractivity contribution < 1.29 is 9.53 Å². The number of anilines is 3. The SMILES string of the molecule is COC1CCC(N(CC(C)C)c2ncc(C(C)CC=O)cc2Nc2ccc(C#N)cn2)CC1. The van der Waals surface area contributed by atoms with Crippen molar-refractivity contribution >= 4 is 23.6 Å². The normalized spacial score (nSPS) is 19.0. The summed E-state index contributed by atoms with van der Waals surface area (Å²) in [5, 5.41) is 12.5. The fraction of sp³-hybridized carbons (Fsp3) is 0.538. The molecule has 7 heteroatoms. The number of hydrogen-bond acceptors (Lipinski definition) is 7. The zero-order valence-electron chi connectivity index (χ0n) is 20.1. The predicted molar refractivity (Wildman–Crippen MR) is 131 cm³/mol. The van der Waals surface area contributed by atoms with Crippen molar-refractivity contribution in [3.05, 3.63) is 41.7 Å². The average molecular weight is 450 g/mol. The molecule has 0 saturated heterocycles. The van der Waals surface area contributed by atoms with Crippen LogP contribution in [0.4, 0.5) is 17.3 Å². The van der Waals surface area contributed by atoms with E-state index in [4.69, 9.17) is 15.0 Å². The molecule has 1 unspecified atom stereocenters. The van der Waals surface area contributed by atoms with Crippen LogP contribution in [0.3, 0.4) is 0 Å². The minimum absolute atomic E-state index is 0.0780. The van der Waals surface area contributed by atoms with Gasteiger partial charge in [-0.05, 0) is 61.3 Å². The van der Waals surface area contributed by atoms with Crippen LogP contribution >= 0.6 is 0 Å². The number of ether oxygens (including phenoxy) is 1. The summed E-state index contributed by atoms with van der Waals surface area (Å²) in [6, 6.07) is 8.14. The lowest BCUT2D eigenvalue weighted by Gasteiger charge is -2.39. The first-order valence-corrected chi connectivity index (χ1v) is 11.8. The average Bonchev–Trinajstić information content (AvgIpc) is 2.83. The Labute approximate surface area is 197 Å². The fourth-order valence-electron chi connectivity index (χ4n) is 4.41. The van der Waals surface area contributed by atoms with Crippen LogP contribution < -0.4 is 10.2 Å². The minimum atomic E-state index is 0.0780. The third kappa shape index (κ3) is 6.52. The molecule has 0 spiro atoms. The molecule has 0 aliphatic heterocycles. The van der Waals surface area contributed by atoms with Crippen LogP contribution in [-0.2, 0) is 9.53 Å². The van der Waals surface area contributed by atoms with Crippen LogP contribution in [-0.4, -0.2) is 42.1 Å². The number of nitrogens with one attached hydrogen (secondary N) is 1. The van der Waals surface area contributed by atoms with Crippen molar-refractivity contribution in [2.24, 2.45) is 5.92 Å². The molecule has 2 heterocycles. The maximum Gasteiger partial charge on any atom is 0.152 e. The summed E-state index contributed by atoms with van der Waals surface area (Å²) in [6.45, 7) is 7.38. The van der Waals surface area contributed by atoms with Gasteiger partial charge in [-0.3, -0.25) is 0 Å². The molecule has 0 aromatic carbocycles. The van der Waals surface area contributed by atoms with E-state index in [2.05, 4.69) is 41.2 Å². The maximum absolute atomic E-state index is 11.1. The Kier molecular flexibility index (Phi) is 8.79. The number of aldehydes is 1. The van der Waals surface area contributed by atoms with Gasteiger partial charge in [0.2, 0.25) is 0 Å². The Hall–Kier alpha value is -2.98. The van der Waals surface area contributed by atoms with E-state index in [-0.39, 0.29) is 5.92 Å². The fourth-order valence-corrected chi connectivity index (χ4v) is 4.41. The molecule has 1 aliphatic rings. The van der Waals surface area contributed by atoms with Crippen LogP contribution in [0, 0.1) is 17.2 Å². The molecule has 1 atom stereocenters. The summed E-state index contributed by atoms with van der Waals surface area (Å²) in [5.41, 5.74) is 2.40. The molecule has 1 fully saturated rings. The number of pyridine rings is 2. The highest BCUT2D eigenvalue weighted by Crippen LogP contribution is 2.35. The van der Waals surface area contributed by atoms with Gasteiger partial charge in [-0.2, -0.15) is 5.26 Å². The highest BCUT2D eigenvalue weighted by atomic mass is 16.5. The summed E-state index contributed by atoms with van der Waals surface area (Å²) in [5.74, 6) is 2.11. The maximum atomic E-state index is 11.1. The molecule has 1 aliphatic carbocycles. The van der Waals surface area contributed by atoms with Crippen molar-refractivity contribution in [3.63, 3.8) is 0 Å². The number of carbonyl (C=O) groups excluding carboxylic acids is 1. The quantitative estimate of drug-likeness (QED) is 0.498. The molecule has 2 aromatic rings. The third-order valence-electron chi connectivity index (χ3n) is 6.31. The molecule has 0 radical (unpaired) electrons. The third-order valence-corrected chi connectivity index (χ3v) is 6.31. The van der Waals surface area contributed by atoms with Crippen LogP contribution in [0.1, 0.15) is 69.9 Å². The van der Waals surface area contributed by atoms with E-state index in [1.807, 2.05) is 13.1 Å². The van der Waals surface area contributed by atoms with Gasteiger partial charge < -0.3 is 19.7 Å². The second-order valence-electron chi connectivity index (χ2n) is 9.32. The van der Waals surface area contributed by atoms with Crippen molar-refractivity contribution in [2.45, 2.75) is 70.9 Å². The Morgan fingerprint density at radius 1 is 1.21 bits per heavy atom. The molecule has 7 nitrogen and oxygen atoms in total. The van der Waals surface area contributed by atoms with Crippen LogP contribution in [0.2, 0.25) is 0 Å². The lowest BCUT2D eigenvalue weighted by Crippen LogP contribution is -2.42. The van der Waals surface area contributed by atoms with Gasteiger partial charge in [0.25, 0.3) is 0 Å². The van der Waals surface area contributed by atoms with E-state index in [0.717, 1.165) is 55.6 Å². The first-order valence-electron chi connectivity index (χ1n) is 11.8. The lowest BCUT2D eigenvalue weighted by atomic mass is 9.91. The van der Waals surface area contributed by atoms with Crippen LogP contribution in [0.5, 0.6) is 0 Å². The first-order chi connectivity index (χ1) is 15.9. The monoisotopic (exact) mass is 449 g/mol. The molecule has 176 valence electrons. The molecule has 1 N–H and O–H groups in total. The van der Waals surface area contributed by atoms with Crippen molar-refractivity contribution in [1.82, 2.24) is 9.97 Å². The molecule has 2 aromatic heterocycles. The number of carbonyl (C=O) groups is 1. The lowest BCUT2D eigenvalue weighted by molar-refractivity contribution is -0.108. The van der Waals surface area contributed by atoms with E-state index in [1.165, 1.54) is 0 Å². The molecule has 0 bridgehead atoms. The van der Waals surface area contributed by atoms with E-state index < -0.39 is 0 Å². The Morgan fingerprint density at radius 3 is 2.55 bits per heavy atom. The Balaban J connectivity index is 1.98. The van der Waals surface area contributed by atoms with Crippen LogP contribution in [0.15, 0.2) is 30.6 Å². The second-order valence-corrected chi connectivity index (χ2v) is 9.32. The minimum Gasteiger partial charge on any atom is -0.381 e. The standard InChI is InChI=1S/C26H35N5O2/c1-18(2)17-31(22-6-8-23(33-4)9-7-22)26-24(13-21(16-29-26)19(3)11-12-32)30-25-10-5-20(14-27)15-28-25/h5,10,12-13,15-16,18-19,22-23H,6-9,11,17H2,1-4H3,(H,28,30). The van der Waals surface area contributed by atoms with E-state index >= 15 is 0 Å². The number of rotatable bonds is 10. The molecular formula is C26H35N5O2. The summed E-state index contributed by atoms with van der Waals surface area (Å²) in [6.07, 6.45) is 9.41. The first kappa shape index (κ1) is 24.7. The highest BCUT2D eigenvalue weighted by molar-refractivity contribution is 5.72. The number of nitrogens with zero attached hydrogens (tertiary/aromatic N) is 4. The second kappa shape index (κ2) is 11.8. The molecule has 3 rings (SSSR count). The number of methoxy groups -OCH3 is 1. The molecule has 1 saturated carbocycles. The Bertz CT molecular complexity index is 946. The van der Waals surface area contributed by atoms with Crippen molar-refractivity contribution in [2.75, 3.05) is 23.9 Å². The topological polar surface area (TPSA) is 91.1 Å². The van der Waals surface area contributed by atoms with Gasteiger partial charge in [-0.15, -0.1) is 0 Å². The van der Waals surface area contributed by atoms with Crippen molar-refractivity contribution in [3.8, 4) is 6.07 Å². The van der Waals surface area contributed by atoms with E-state index in [1.54, 1.807) is 25.4 Å². The number of nitriles is 1. The van der Waals surface area contributed by atoms with E-state index in [9.17, 15) is 4.79 Å². The van der Waals surface area contributed by atoms with Crippen molar-refractivity contribution in [1.29, 1.82) is 5.26 Å². The summed E-state index contributed by atoms with van der Waals surface area (Å²) >= 11 is 0. The van der Waals surface area contributed by atoms with Gasteiger partial charge in [-0.1, -0.05) is 20.8 Å². The van der Waals surface area contributed by atoms with Gasteiger partial charge in [-0.25, -0.2) is 9.97 Å². The van der Waals surface area contributed by atoms with Crippen LogP contribution in [0.25, 0.3) is 0 Å². The zero-order chi connectivity index (χ0) is 23.8. The van der Waals surface area contributed by atoms with Gasteiger partial charge in [0.15, 0.2) is 5.82 Å². The highest BCUT2D eigenvalue weighted by Gasteiger charge is 2.29. The molecule has 33 heavy (non-hydrogen) atoms. The molecule has 0 amide bonds. The summed E-state index contributed by atoms with van der Waals surface area (Å²) in [4.78, 5) is 22.8. The molecular weight excluding hydrogens is 414 g/mol. The number of aromatic nitrogens is 2. The Morgan fingerprint density at radius 2 is 1.97 bits per heavy atom. The van der Waals surface area contributed by atoms with Gasteiger partial charge >= 0.3 is 0 Å².